The number of para-hydroxylation sites is 1. The molecule has 1 aromatic carbocycles. The minimum atomic E-state index is 0.586. The molecule has 0 saturated carbocycles. The van der Waals surface area contributed by atoms with E-state index in [2.05, 4.69) is 9.98 Å². The van der Waals surface area contributed by atoms with Gasteiger partial charge in [0.05, 0.1) is 18.4 Å². The quantitative estimate of drug-likeness (QED) is 0.487. The van der Waals surface area contributed by atoms with E-state index in [1.807, 2.05) is 32.9 Å². The second kappa shape index (κ2) is 8.33. The van der Waals surface area contributed by atoms with Gasteiger partial charge in [0.25, 0.3) is 0 Å². The molecule has 1 rings (SSSR count). The van der Waals surface area contributed by atoms with E-state index in [-0.39, 0.29) is 0 Å². The summed E-state index contributed by atoms with van der Waals surface area (Å²) in [6.45, 7) is 5.84. The van der Waals surface area contributed by atoms with Gasteiger partial charge in [-0.15, -0.1) is 0 Å². The number of amidine groups is 1. The van der Waals surface area contributed by atoms with Crippen LogP contribution in [0.5, 0.6) is 5.75 Å². The Bertz CT molecular complexity index is 398. The van der Waals surface area contributed by atoms with Crippen LogP contribution in [0.2, 0.25) is 0 Å². The molecule has 2 N–H and O–H groups in total. The van der Waals surface area contributed by atoms with Gasteiger partial charge in [0.1, 0.15) is 0 Å². The number of benzene rings is 1. The monoisotopic (exact) mass is 235 g/mol. The summed E-state index contributed by atoms with van der Waals surface area (Å²) >= 11 is 0. The summed E-state index contributed by atoms with van der Waals surface area (Å²) in [6.07, 6.45) is 1.69. The van der Waals surface area contributed by atoms with Crippen molar-refractivity contribution in [1.29, 1.82) is 0 Å². The molecular weight excluding hydrogens is 214 g/mol. The standard InChI is InChI=1S/C11H15N3O.C2H6/c1-4-14-11(13-2)8-6-5-7-9(12)10(8)15-3;1-2/h4-7H,12H2,1-3H3;1-2H3. The lowest BCUT2D eigenvalue weighted by Gasteiger charge is -2.09. The van der Waals surface area contributed by atoms with Gasteiger partial charge in [-0.05, 0) is 19.1 Å². The molecule has 1 aromatic rings. The smallest absolute Gasteiger partial charge is 0.157 e. The maximum Gasteiger partial charge on any atom is 0.157 e. The van der Waals surface area contributed by atoms with Crippen LogP contribution in [0.15, 0.2) is 28.2 Å². The van der Waals surface area contributed by atoms with Crippen LogP contribution >= 0.6 is 0 Å². The molecule has 4 nitrogen and oxygen atoms in total. The van der Waals surface area contributed by atoms with Gasteiger partial charge in [0.15, 0.2) is 11.6 Å². The number of nitrogens with two attached hydrogens (primary N) is 1. The number of hydrogen-bond donors (Lipinski definition) is 1. The van der Waals surface area contributed by atoms with Crippen molar-refractivity contribution in [3.8, 4) is 5.75 Å². The van der Waals surface area contributed by atoms with Crippen molar-refractivity contribution in [3.05, 3.63) is 23.8 Å². The zero-order valence-corrected chi connectivity index (χ0v) is 11.2. The van der Waals surface area contributed by atoms with Crippen molar-refractivity contribution in [2.45, 2.75) is 20.8 Å². The second-order valence-electron chi connectivity index (χ2n) is 2.86. The van der Waals surface area contributed by atoms with Gasteiger partial charge in [0.2, 0.25) is 0 Å². The molecule has 17 heavy (non-hydrogen) atoms. The summed E-state index contributed by atoms with van der Waals surface area (Å²) in [4.78, 5) is 8.23. The fraction of sp³-hybridized carbons (Fsp3) is 0.385. The number of aliphatic imine (C=N–C) groups is 2. The summed E-state index contributed by atoms with van der Waals surface area (Å²) in [5.74, 6) is 1.23. The van der Waals surface area contributed by atoms with E-state index in [4.69, 9.17) is 10.5 Å². The zero-order valence-electron chi connectivity index (χ0n) is 11.2. The van der Waals surface area contributed by atoms with Gasteiger partial charge >= 0.3 is 0 Å². The van der Waals surface area contributed by atoms with Gasteiger partial charge in [-0.1, -0.05) is 19.9 Å². The predicted molar refractivity (Wildman–Crippen MR) is 75.4 cm³/mol. The maximum atomic E-state index is 5.79. The Morgan fingerprint density at radius 3 is 2.47 bits per heavy atom. The van der Waals surface area contributed by atoms with Crippen LogP contribution in [0.25, 0.3) is 0 Å². The molecule has 0 spiro atoms. The predicted octanol–water partition coefficient (Wildman–Crippen LogP) is 2.77. The van der Waals surface area contributed by atoms with Gasteiger partial charge in [0, 0.05) is 13.3 Å². The van der Waals surface area contributed by atoms with Crippen LogP contribution in [0, 0.1) is 0 Å². The van der Waals surface area contributed by atoms with E-state index in [1.54, 1.807) is 26.4 Å². The summed E-state index contributed by atoms with van der Waals surface area (Å²) in [5.41, 5.74) is 7.18. The summed E-state index contributed by atoms with van der Waals surface area (Å²) in [6, 6.07) is 5.51. The zero-order chi connectivity index (χ0) is 13.3. The Labute approximate surface area is 103 Å². The molecule has 94 valence electrons. The largest absolute Gasteiger partial charge is 0.494 e. The normalized spacial score (nSPS) is 11.0. The average molecular weight is 235 g/mol. The first-order valence-corrected chi connectivity index (χ1v) is 5.63. The van der Waals surface area contributed by atoms with Gasteiger partial charge in [-0.3, -0.25) is 4.99 Å². The van der Waals surface area contributed by atoms with Crippen molar-refractivity contribution in [2.24, 2.45) is 9.98 Å². The first-order chi connectivity index (χ1) is 8.24. The third kappa shape index (κ3) is 3.90. The molecule has 0 aliphatic rings. The third-order valence-corrected chi connectivity index (χ3v) is 1.95. The van der Waals surface area contributed by atoms with E-state index in [0.29, 0.717) is 17.3 Å². The molecule has 0 radical (unpaired) electrons. The molecule has 0 bridgehead atoms. The number of hydrogen-bond acceptors (Lipinski definition) is 3. The fourth-order valence-corrected chi connectivity index (χ4v) is 1.33. The molecule has 0 aliphatic heterocycles. The lowest BCUT2D eigenvalue weighted by Crippen LogP contribution is -2.03. The van der Waals surface area contributed by atoms with E-state index >= 15 is 0 Å². The molecule has 0 amide bonds. The lowest BCUT2D eigenvalue weighted by atomic mass is 10.1. The molecule has 0 saturated heterocycles. The average Bonchev–Trinajstić information content (AvgIpc) is 2.38. The van der Waals surface area contributed by atoms with Crippen LogP contribution in [-0.2, 0) is 0 Å². The van der Waals surface area contributed by atoms with Crippen molar-refractivity contribution in [2.75, 3.05) is 19.9 Å². The number of methoxy groups -OCH3 is 1. The SMILES string of the molecule is CC.CC=NC(=NC)c1cccc(N)c1OC. The number of nitrogen functional groups attached to an aromatic ring is 1. The third-order valence-electron chi connectivity index (χ3n) is 1.95. The Hall–Kier alpha value is -1.84. The summed E-state index contributed by atoms with van der Waals surface area (Å²) < 4.78 is 5.23. The highest BCUT2D eigenvalue weighted by atomic mass is 16.5. The Morgan fingerprint density at radius 1 is 1.35 bits per heavy atom. The van der Waals surface area contributed by atoms with Crippen molar-refractivity contribution in [1.82, 2.24) is 0 Å². The van der Waals surface area contributed by atoms with E-state index < -0.39 is 0 Å². The number of rotatable bonds is 2. The van der Waals surface area contributed by atoms with Gasteiger partial charge < -0.3 is 10.5 Å². The topological polar surface area (TPSA) is 60.0 Å². The minimum absolute atomic E-state index is 0.586. The highest BCUT2D eigenvalue weighted by molar-refractivity contribution is 6.05. The second-order valence-corrected chi connectivity index (χ2v) is 2.86. The van der Waals surface area contributed by atoms with E-state index in [9.17, 15) is 0 Å². The molecule has 0 aromatic heterocycles. The summed E-state index contributed by atoms with van der Waals surface area (Å²) in [5, 5.41) is 0. The fourth-order valence-electron chi connectivity index (χ4n) is 1.33. The molecule has 4 heteroatoms. The molecular formula is C13H21N3O. The number of ether oxygens (including phenoxy) is 1. The van der Waals surface area contributed by atoms with Crippen molar-refractivity contribution >= 4 is 17.7 Å². The summed E-state index contributed by atoms with van der Waals surface area (Å²) in [7, 11) is 3.27. The van der Waals surface area contributed by atoms with Crippen molar-refractivity contribution < 1.29 is 4.74 Å². The van der Waals surface area contributed by atoms with Crippen molar-refractivity contribution in [3.63, 3.8) is 0 Å². The lowest BCUT2D eigenvalue weighted by molar-refractivity contribution is 0.416. The van der Waals surface area contributed by atoms with E-state index in [0.717, 1.165) is 5.56 Å². The Kier molecular flexibility index (Phi) is 7.43. The Balaban J connectivity index is 0.00000121. The first kappa shape index (κ1) is 15.2. The van der Waals surface area contributed by atoms with Crippen LogP contribution in [-0.4, -0.2) is 26.2 Å². The van der Waals surface area contributed by atoms with Crippen LogP contribution in [0.1, 0.15) is 26.3 Å². The number of anilines is 1. The van der Waals surface area contributed by atoms with Crippen LogP contribution in [0.3, 0.4) is 0 Å². The maximum absolute atomic E-state index is 5.79. The Morgan fingerprint density at radius 2 is 2.00 bits per heavy atom. The molecule has 0 atom stereocenters. The van der Waals surface area contributed by atoms with Gasteiger partial charge in [-0.2, -0.15) is 0 Å². The van der Waals surface area contributed by atoms with Crippen LogP contribution < -0.4 is 10.5 Å². The molecule has 0 aliphatic carbocycles. The highest BCUT2D eigenvalue weighted by Gasteiger charge is 2.10. The van der Waals surface area contributed by atoms with E-state index in [1.165, 1.54) is 0 Å². The van der Waals surface area contributed by atoms with Crippen LogP contribution in [0.4, 0.5) is 5.69 Å². The minimum Gasteiger partial charge on any atom is -0.494 e. The molecule has 0 fully saturated rings. The van der Waals surface area contributed by atoms with Gasteiger partial charge in [-0.25, -0.2) is 4.99 Å². The highest BCUT2D eigenvalue weighted by Crippen LogP contribution is 2.26. The molecule has 0 heterocycles. The first-order valence-electron chi connectivity index (χ1n) is 5.63. The number of nitrogens with zero attached hydrogens (tertiary/aromatic N) is 2. The molecule has 0 unspecified atom stereocenters.